The smallest absolute Gasteiger partial charge is 0.312 e. The Morgan fingerprint density at radius 1 is 1.31 bits per heavy atom. The van der Waals surface area contributed by atoms with Crippen LogP contribution >= 0.6 is 23.4 Å². The topological polar surface area (TPSA) is 98.5 Å². The summed E-state index contributed by atoms with van der Waals surface area (Å²) >= 11 is 7.15. The van der Waals surface area contributed by atoms with Crippen LogP contribution in [0.3, 0.4) is 0 Å². The minimum Gasteiger partial charge on any atom is -0.419 e. The number of fused-ring (bicyclic) bond motifs is 1. The van der Waals surface area contributed by atoms with E-state index in [-0.39, 0.29) is 17.3 Å². The van der Waals surface area contributed by atoms with E-state index in [1.165, 1.54) is 36.0 Å². The van der Waals surface area contributed by atoms with Gasteiger partial charge in [0.05, 0.1) is 15.5 Å². The van der Waals surface area contributed by atoms with Crippen LogP contribution in [0.5, 0.6) is 5.75 Å². The number of benzene rings is 2. The summed E-state index contributed by atoms with van der Waals surface area (Å²) in [5.41, 5.74) is 0.687. The molecular formula is C17H11ClN2O5S. The zero-order chi connectivity index (χ0) is 18.8. The molecule has 0 fully saturated rings. The van der Waals surface area contributed by atoms with E-state index < -0.39 is 10.9 Å². The Labute approximate surface area is 157 Å². The fourth-order valence-electron chi connectivity index (χ4n) is 2.29. The molecule has 3 rings (SSSR count). The maximum atomic E-state index is 12.3. The van der Waals surface area contributed by atoms with E-state index in [0.717, 1.165) is 11.8 Å². The summed E-state index contributed by atoms with van der Waals surface area (Å²) in [7, 11) is 0. The SMILES string of the molecule is CC(=O)Oc1ccc(/C=C2/Sc3ccc(Cl)cc3NC2=O)cc1[N+](=O)[O-]. The molecule has 0 aliphatic carbocycles. The van der Waals surface area contributed by atoms with Crippen LogP contribution in [-0.4, -0.2) is 16.8 Å². The molecule has 2 aromatic rings. The lowest BCUT2D eigenvalue weighted by atomic mass is 10.1. The molecule has 0 atom stereocenters. The number of anilines is 1. The Bertz CT molecular complexity index is 974. The summed E-state index contributed by atoms with van der Waals surface area (Å²) in [5.74, 6) is -1.14. The molecule has 2 aromatic carbocycles. The Morgan fingerprint density at radius 2 is 2.08 bits per heavy atom. The summed E-state index contributed by atoms with van der Waals surface area (Å²) in [4.78, 5) is 35.0. The van der Waals surface area contributed by atoms with Crippen LogP contribution in [0.4, 0.5) is 11.4 Å². The Kier molecular flexibility index (Phi) is 4.97. The minimum atomic E-state index is -0.656. The zero-order valence-corrected chi connectivity index (χ0v) is 14.9. The molecule has 26 heavy (non-hydrogen) atoms. The first-order chi connectivity index (χ1) is 12.3. The molecular weight excluding hydrogens is 380 g/mol. The van der Waals surface area contributed by atoms with Crippen molar-refractivity contribution in [2.75, 3.05) is 5.32 Å². The van der Waals surface area contributed by atoms with E-state index in [4.69, 9.17) is 16.3 Å². The van der Waals surface area contributed by atoms with Gasteiger partial charge < -0.3 is 10.1 Å². The van der Waals surface area contributed by atoms with Crippen molar-refractivity contribution in [3.8, 4) is 5.75 Å². The van der Waals surface area contributed by atoms with Gasteiger partial charge in [-0.1, -0.05) is 29.4 Å². The molecule has 0 saturated heterocycles. The number of ether oxygens (including phenoxy) is 1. The number of nitro benzene ring substituents is 1. The van der Waals surface area contributed by atoms with E-state index in [9.17, 15) is 19.7 Å². The van der Waals surface area contributed by atoms with Crippen LogP contribution in [0.15, 0.2) is 46.2 Å². The van der Waals surface area contributed by atoms with Crippen molar-refractivity contribution in [2.45, 2.75) is 11.8 Å². The average Bonchev–Trinajstić information content (AvgIpc) is 2.56. The fraction of sp³-hybridized carbons (Fsp3) is 0.0588. The van der Waals surface area contributed by atoms with Crippen molar-refractivity contribution in [3.05, 3.63) is 62.0 Å². The highest BCUT2D eigenvalue weighted by Gasteiger charge is 2.22. The number of halogens is 1. The second-order valence-corrected chi connectivity index (χ2v) is 6.80. The van der Waals surface area contributed by atoms with E-state index in [2.05, 4.69) is 5.32 Å². The number of nitrogens with one attached hydrogen (secondary N) is 1. The van der Waals surface area contributed by atoms with Gasteiger partial charge in [-0.2, -0.15) is 0 Å². The summed E-state index contributed by atoms with van der Waals surface area (Å²) in [5, 5.41) is 14.4. The summed E-state index contributed by atoms with van der Waals surface area (Å²) in [6.45, 7) is 1.16. The van der Waals surface area contributed by atoms with Gasteiger partial charge >= 0.3 is 11.7 Å². The summed E-state index contributed by atoms with van der Waals surface area (Å²) < 4.78 is 4.83. The van der Waals surface area contributed by atoms with Crippen LogP contribution < -0.4 is 10.1 Å². The van der Waals surface area contributed by atoms with Crippen molar-refractivity contribution >= 4 is 52.7 Å². The van der Waals surface area contributed by atoms with Crippen LogP contribution in [-0.2, 0) is 9.59 Å². The molecule has 1 aliphatic rings. The minimum absolute atomic E-state index is 0.148. The van der Waals surface area contributed by atoms with E-state index >= 15 is 0 Å². The van der Waals surface area contributed by atoms with E-state index in [1.54, 1.807) is 18.2 Å². The third-order valence-corrected chi connectivity index (χ3v) is 4.70. The maximum absolute atomic E-state index is 12.3. The molecule has 0 bridgehead atoms. The number of esters is 1. The highest BCUT2D eigenvalue weighted by atomic mass is 35.5. The highest BCUT2D eigenvalue weighted by Crippen LogP contribution is 2.40. The predicted octanol–water partition coefficient (Wildman–Crippen LogP) is 4.26. The Balaban J connectivity index is 1.95. The summed E-state index contributed by atoms with van der Waals surface area (Å²) in [6, 6.07) is 9.24. The second kappa shape index (κ2) is 7.19. The number of nitro groups is 1. The molecule has 0 saturated carbocycles. The first-order valence-corrected chi connectivity index (χ1v) is 8.50. The van der Waals surface area contributed by atoms with Gasteiger partial charge in [-0.05, 0) is 35.9 Å². The molecule has 7 nitrogen and oxygen atoms in total. The lowest BCUT2D eigenvalue weighted by Gasteiger charge is -2.18. The van der Waals surface area contributed by atoms with E-state index in [0.29, 0.717) is 21.2 Å². The molecule has 0 aromatic heterocycles. The van der Waals surface area contributed by atoms with Gasteiger partial charge in [0.2, 0.25) is 5.75 Å². The zero-order valence-electron chi connectivity index (χ0n) is 13.3. The third-order valence-electron chi connectivity index (χ3n) is 3.36. The molecule has 132 valence electrons. The number of nitrogens with zero attached hydrogens (tertiary/aromatic N) is 1. The van der Waals surface area contributed by atoms with Gasteiger partial charge in [0.25, 0.3) is 5.91 Å². The average molecular weight is 391 g/mol. The molecule has 0 unspecified atom stereocenters. The van der Waals surface area contributed by atoms with E-state index in [1.807, 2.05) is 0 Å². The van der Waals surface area contributed by atoms with Gasteiger partial charge in [0.15, 0.2) is 0 Å². The summed E-state index contributed by atoms with van der Waals surface area (Å²) in [6.07, 6.45) is 1.53. The highest BCUT2D eigenvalue weighted by molar-refractivity contribution is 8.04. The largest absolute Gasteiger partial charge is 0.419 e. The maximum Gasteiger partial charge on any atom is 0.312 e. The number of carbonyl (C=O) groups is 2. The predicted molar refractivity (Wildman–Crippen MR) is 98.3 cm³/mol. The van der Waals surface area contributed by atoms with Gasteiger partial charge in [0.1, 0.15) is 0 Å². The Morgan fingerprint density at radius 3 is 2.77 bits per heavy atom. The standard InChI is InChI=1S/C17H11ClN2O5S/c1-9(21)25-14-4-2-10(6-13(14)20(23)24)7-16-17(22)19-12-8-11(18)3-5-15(12)26-16/h2-8H,1H3,(H,19,22)/b16-7+. The lowest BCUT2D eigenvalue weighted by Crippen LogP contribution is -2.17. The van der Waals surface area contributed by atoms with Crippen molar-refractivity contribution in [3.63, 3.8) is 0 Å². The first-order valence-electron chi connectivity index (χ1n) is 7.31. The van der Waals surface area contributed by atoms with Crippen LogP contribution in [0.25, 0.3) is 6.08 Å². The quantitative estimate of drug-likeness (QED) is 0.276. The number of hydrogen-bond donors (Lipinski definition) is 1. The van der Waals surface area contributed by atoms with Crippen LogP contribution in [0, 0.1) is 10.1 Å². The van der Waals surface area contributed by atoms with Crippen molar-refractivity contribution in [1.82, 2.24) is 0 Å². The number of amides is 1. The van der Waals surface area contributed by atoms with Crippen molar-refractivity contribution in [2.24, 2.45) is 0 Å². The lowest BCUT2D eigenvalue weighted by molar-refractivity contribution is -0.385. The van der Waals surface area contributed by atoms with Gasteiger partial charge in [-0.15, -0.1) is 0 Å². The molecule has 0 spiro atoms. The third kappa shape index (κ3) is 3.87. The number of hydrogen-bond acceptors (Lipinski definition) is 6. The van der Waals surface area contributed by atoms with Crippen LogP contribution in [0.2, 0.25) is 5.02 Å². The number of rotatable bonds is 3. The van der Waals surface area contributed by atoms with Crippen molar-refractivity contribution < 1.29 is 19.2 Å². The van der Waals surface area contributed by atoms with Crippen molar-refractivity contribution in [1.29, 1.82) is 0 Å². The van der Waals surface area contributed by atoms with Crippen LogP contribution in [0.1, 0.15) is 12.5 Å². The Hall–Kier alpha value is -2.84. The molecule has 1 heterocycles. The fourth-order valence-corrected chi connectivity index (χ4v) is 3.40. The number of thioether (sulfide) groups is 1. The monoisotopic (exact) mass is 390 g/mol. The van der Waals surface area contributed by atoms with Gasteiger partial charge in [-0.3, -0.25) is 19.7 Å². The molecule has 9 heteroatoms. The first kappa shape index (κ1) is 18.0. The normalized spacial score (nSPS) is 14.5. The molecule has 1 amide bonds. The molecule has 0 radical (unpaired) electrons. The second-order valence-electron chi connectivity index (χ2n) is 5.28. The molecule has 1 aliphatic heterocycles. The number of carbonyl (C=O) groups excluding carboxylic acids is 2. The molecule has 1 N–H and O–H groups in total. The van der Waals surface area contributed by atoms with Gasteiger partial charge in [-0.25, -0.2) is 0 Å². The van der Waals surface area contributed by atoms with Gasteiger partial charge in [0, 0.05) is 22.9 Å².